The van der Waals surface area contributed by atoms with E-state index in [2.05, 4.69) is 20.0 Å². The molecule has 17 heteroatoms. The smallest absolute Gasteiger partial charge is 0.344 e. The van der Waals surface area contributed by atoms with Crippen molar-refractivity contribution in [2.45, 2.75) is 37.4 Å². The van der Waals surface area contributed by atoms with Gasteiger partial charge in [-0.1, -0.05) is 22.9 Å². The Morgan fingerprint density at radius 2 is 2.00 bits per heavy atom. The van der Waals surface area contributed by atoms with Crippen LogP contribution in [-0.4, -0.2) is 98.1 Å². The molecule has 3 fully saturated rings. The van der Waals surface area contributed by atoms with Crippen LogP contribution in [0.1, 0.15) is 31.2 Å². The Morgan fingerprint density at radius 3 is 2.82 bits per heavy atom. The average molecular weight is 723 g/mol. The minimum Gasteiger partial charge on any atom is -0.461 e. The Balaban J connectivity index is 1.19. The summed E-state index contributed by atoms with van der Waals surface area (Å²) in [5.74, 6) is -0.954. The van der Waals surface area contributed by atoms with Gasteiger partial charge < -0.3 is 20.3 Å². The molecule has 2 atom stereocenters. The number of hydrogen-bond donors (Lipinski definition) is 1. The van der Waals surface area contributed by atoms with E-state index in [9.17, 15) is 13.6 Å². The first-order valence-electron chi connectivity index (χ1n) is 16.2. The fourth-order valence-electron chi connectivity index (χ4n) is 7.50. The van der Waals surface area contributed by atoms with Gasteiger partial charge in [-0.05, 0) is 44.0 Å². The first kappa shape index (κ1) is 32.5. The number of fused-ring (bicyclic) bond motifs is 3. The zero-order valence-electron chi connectivity index (χ0n) is 26.6. The molecule has 12 nitrogen and oxygen atoms in total. The maximum atomic E-state index is 16.9. The molecule has 8 rings (SSSR count). The maximum Gasteiger partial charge on any atom is 0.344 e. The molecule has 0 unspecified atom stereocenters. The Hall–Kier alpha value is -4.72. The van der Waals surface area contributed by atoms with Crippen LogP contribution in [0.5, 0.6) is 6.01 Å². The van der Waals surface area contributed by atoms with E-state index in [1.807, 2.05) is 11.0 Å². The van der Waals surface area contributed by atoms with Crippen molar-refractivity contribution in [2.24, 2.45) is 0 Å². The number of nitrogens with zero attached hydrogens (tertiary/aromatic N) is 9. The molecule has 0 saturated carbocycles. The van der Waals surface area contributed by atoms with Crippen molar-refractivity contribution < 1.29 is 22.7 Å². The number of benzene rings is 2. The highest BCUT2D eigenvalue weighted by atomic mass is 35.5. The monoisotopic (exact) mass is 722 g/mol. The normalized spacial score (nSPS) is 21.1. The fraction of sp³-hybridized carbons (Fsp3) is 0.394. The number of amides is 1. The van der Waals surface area contributed by atoms with Crippen LogP contribution < -0.4 is 15.4 Å². The zero-order valence-corrected chi connectivity index (χ0v) is 28.2. The van der Waals surface area contributed by atoms with Gasteiger partial charge in [-0.3, -0.25) is 4.90 Å². The van der Waals surface area contributed by atoms with Crippen molar-refractivity contribution in [1.82, 2.24) is 34.5 Å². The third-order valence-electron chi connectivity index (χ3n) is 9.83. The summed E-state index contributed by atoms with van der Waals surface area (Å²) < 4.78 is 53.7. The van der Waals surface area contributed by atoms with Crippen molar-refractivity contribution in [3.63, 3.8) is 0 Å². The Morgan fingerprint density at radius 1 is 1.14 bits per heavy atom. The molecule has 3 aliphatic rings. The van der Waals surface area contributed by atoms with Crippen molar-refractivity contribution in [2.75, 3.05) is 56.5 Å². The van der Waals surface area contributed by atoms with Gasteiger partial charge in [0.05, 0.1) is 38.7 Å². The van der Waals surface area contributed by atoms with Gasteiger partial charge >= 0.3 is 12.0 Å². The van der Waals surface area contributed by atoms with Crippen LogP contribution in [-0.2, 0) is 0 Å². The molecule has 258 valence electrons. The number of alkyl halides is 1. The lowest BCUT2D eigenvalue weighted by molar-refractivity contribution is 0.107. The van der Waals surface area contributed by atoms with E-state index < -0.39 is 23.3 Å². The minimum absolute atomic E-state index is 0.0229. The molecule has 3 saturated heterocycles. The van der Waals surface area contributed by atoms with E-state index in [4.69, 9.17) is 32.3 Å². The van der Waals surface area contributed by atoms with E-state index in [1.54, 1.807) is 11.0 Å². The number of thiazole rings is 1. The first-order chi connectivity index (χ1) is 24.1. The van der Waals surface area contributed by atoms with E-state index in [-0.39, 0.29) is 67.8 Å². The van der Waals surface area contributed by atoms with Crippen LogP contribution >= 0.6 is 22.9 Å². The number of ether oxygens (including phenoxy) is 1. The molecule has 0 aliphatic carbocycles. The summed E-state index contributed by atoms with van der Waals surface area (Å²) >= 11 is 7.77. The number of carbonyl (C=O) groups excluding carboxylic acids is 1. The van der Waals surface area contributed by atoms with E-state index in [0.717, 1.165) is 35.4 Å². The predicted molar refractivity (Wildman–Crippen MR) is 182 cm³/mol. The van der Waals surface area contributed by atoms with Crippen LogP contribution in [0, 0.1) is 23.0 Å². The number of nitrogen functional groups attached to an aromatic ring is 1. The standard InChI is InChI=1S/C33H30ClF3N10O2S/c34-22-11-21-26(25(37)24(22)20-3-4-23(36)28-27(20)41-30(39)50-28)42-31(49-17-33-5-1-8-46(33)16-19(35)12-33)43-29(21)44-6-2-7-45(10-9-44)32(48)47-15-18(13-38)14-40-47/h3-4,11,14-15,19H,1-2,5-10,12,16-17H2,(H2,39,41)/t19-,33+/m1/s1. The van der Waals surface area contributed by atoms with Gasteiger partial charge in [0.15, 0.2) is 10.9 Å². The Kier molecular flexibility index (Phi) is 8.16. The quantitative estimate of drug-likeness (QED) is 0.243. The summed E-state index contributed by atoms with van der Waals surface area (Å²) in [6.07, 6.45) is 4.31. The third kappa shape index (κ3) is 5.53. The molecule has 2 aromatic carbocycles. The number of aromatic nitrogens is 5. The number of carbonyl (C=O) groups is 1. The van der Waals surface area contributed by atoms with Gasteiger partial charge in [-0.15, -0.1) is 0 Å². The van der Waals surface area contributed by atoms with E-state index in [1.165, 1.54) is 24.5 Å². The summed E-state index contributed by atoms with van der Waals surface area (Å²) in [5.41, 5.74) is 6.03. The van der Waals surface area contributed by atoms with Crippen LogP contribution in [0.15, 0.2) is 30.6 Å². The number of nitriles is 1. The van der Waals surface area contributed by atoms with Gasteiger partial charge in [0.1, 0.15) is 36.0 Å². The summed E-state index contributed by atoms with van der Waals surface area (Å²) in [6.45, 7) is 2.72. The predicted octanol–water partition coefficient (Wildman–Crippen LogP) is 5.62. The topological polar surface area (TPSA) is 142 Å². The van der Waals surface area contributed by atoms with Crippen LogP contribution in [0.25, 0.3) is 32.2 Å². The lowest BCUT2D eigenvalue weighted by Gasteiger charge is -2.31. The van der Waals surface area contributed by atoms with Crippen molar-refractivity contribution >= 4 is 61.0 Å². The lowest BCUT2D eigenvalue weighted by atomic mass is 9.95. The van der Waals surface area contributed by atoms with Gasteiger partial charge in [0, 0.05) is 55.7 Å². The molecule has 5 aromatic rings. The highest BCUT2D eigenvalue weighted by Crippen LogP contribution is 2.44. The second-order valence-corrected chi connectivity index (χ2v) is 14.3. The number of hydrogen-bond acceptors (Lipinski definition) is 11. The minimum atomic E-state index is -0.961. The molecule has 6 heterocycles. The highest BCUT2D eigenvalue weighted by molar-refractivity contribution is 7.22. The van der Waals surface area contributed by atoms with Crippen LogP contribution in [0.4, 0.5) is 28.9 Å². The first-order valence-corrected chi connectivity index (χ1v) is 17.4. The Labute approximate surface area is 292 Å². The Bertz CT molecular complexity index is 2210. The van der Waals surface area contributed by atoms with Crippen molar-refractivity contribution in [1.29, 1.82) is 5.26 Å². The van der Waals surface area contributed by atoms with Crippen LogP contribution in [0.2, 0.25) is 5.02 Å². The van der Waals surface area contributed by atoms with E-state index >= 15 is 4.39 Å². The molecule has 0 spiro atoms. The van der Waals surface area contributed by atoms with E-state index in [0.29, 0.717) is 50.2 Å². The van der Waals surface area contributed by atoms with Crippen LogP contribution in [0.3, 0.4) is 0 Å². The molecule has 2 N–H and O–H groups in total. The second kappa shape index (κ2) is 12.6. The molecular formula is C33H30ClF3N10O2S. The summed E-state index contributed by atoms with van der Waals surface area (Å²) in [7, 11) is 0. The largest absolute Gasteiger partial charge is 0.461 e. The maximum absolute atomic E-state index is 16.9. The van der Waals surface area contributed by atoms with Gasteiger partial charge in [0.2, 0.25) is 0 Å². The number of nitrogens with two attached hydrogens (primary N) is 1. The number of halogens is 4. The zero-order chi connectivity index (χ0) is 34.7. The average Bonchev–Trinajstić information content (AvgIpc) is 3.85. The second-order valence-electron chi connectivity index (χ2n) is 12.9. The summed E-state index contributed by atoms with van der Waals surface area (Å²) in [4.78, 5) is 32.5. The van der Waals surface area contributed by atoms with Gasteiger partial charge in [-0.2, -0.15) is 25.0 Å². The molecule has 1 amide bonds. The molecular weight excluding hydrogens is 693 g/mol. The highest BCUT2D eigenvalue weighted by Gasteiger charge is 2.49. The molecule has 3 aromatic heterocycles. The summed E-state index contributed by atoms with van der Waals surface area (Å²) in [6, 6.07) is 5.71. The van der Waals surface area contributed by atoms with Gasteiger partial charge in [0.25, 0.3) is 0 Å². The fourth-order valence-corrected chi connectivity index (χ4v) is 8.56. The van der Waals surface area contributed by atoms with Crippen molar-refractivity contribution in [3.05, 3.63) is 52.8 Å². The third-order valence-corrected chi connectivity index (χ3v) is 11.0. The number of rotatable bonds is 5. The molecule has 50 heavy (non-hydrogen) atoms. The van der Waals surface area contributed by atoms with Crippen molar-refractivity contribution in [3.8, 4) is 23.2 Å². The SMILES string of the molecule is N#Cc1cnn(C(=O)N2CCCN(c3nc(OC[C@@]45CCCN4C[C@H](F)C5)nc4c(F)c(-c5ccc(F)c6sc(N)nc56)c(Cl)cc34)CC2)c1. The van der Waals surface area contributed by atoms with Gasteiger partial charge in [-0.25, -0.2) is 22.9 Å². The number of anilines is 2. The lowest BCUT2D eigenvalue weighted by Crippen LogP contribution is -2.43. The molecule has 0 radical (unpaired) electrons. The molecule has 3 aliphatic heterocycles. The molecule has 0 bridgehead atoms. The summed E-state index contributed by atoms with van der Waals surface area (Å²) in [5, 5.41) is 13.6.